The third kappa shape index (κ3) is 6.40. The molecule has 28 heavy (non-hydrogen) atoms. The number of sulfonamides is 1. The van der Waals surface area contributed by atoms with Gasteiger partial charge in [0, 0.05) is 32.8 Å². The molecule has 8 nitrogen and oxygen atoms in total. The lowest BCUT2D eigenvalue weighted by molar-refractivity contribution is -0.120. The van der Waals surface area contributed by atoms with Gasteiger partial charge in [-0.2, -0.15) is 4.31 Å². The second-order valence-electron chi connectivity index (χ2n) is 6.70. The molecule has 2 aliphatic rings. The molecule has 1 aromatic carbocycles. The average Bonchev–Trinajstić information content (AvgIpc) is 3.21. The molecule has 2 heterocycles. The summed E-state index contributed by atoms with van der Waals surface area (Å²) in [4.78, 5) is 12.2. The van der Waals surface area contributed by atoms with Crippen molar-refractivity contribution in [3.63, 3.8) is 0 Å². The van der Waals surface area contributed by atoms with Crippen LogP contribution in [0.25, 0.3) is 0 Å². The van der Waals surface area contributed by atoms with Crippen LogP contribution >= 0.6 is 12.4 Å². The molecule has 0 saturated carbocycles. The molecule has 0 spiro atoms. The number of benzene rings is 1. The molecule has 0 aromatic heterocycles. The van der Waals surface area contributed by atoms with Crippen LogP contribution in [0.3, 0.4) is 0 Å². The zero-order chi connectivity index (χ0) is 19.1. The summed E-state index contributed by atoms with van der Waals surface area (Å²) in [6, 6.07) is 6.63. The van der Waals surface area contributed by atoms with Gasteiger partial charge in [0.15, 0.2) is 0 Å². The molecular weight excluding hydrogens is 406 g/mol. The van der Waals surface area contributed by atoms with Crippen molar-refractivity contribution in [2.24, 2.45) is 0 Å². The Labute approximate surface area is 172 Å². The Morgan fingerprint density at radius 3 is 2.50 bits per heavy atom. The van der Waals surface area contributed by atoms with Crippen molar-refractivity contribution < 1.29 is 22.7 Å². The van der Waals surface area contributed by atoms with Crippen LogP contribution in [0.5, 0.6) is 0 Å². The van der Waals surface area contributed by atoms with E-state index in [1.807, 2.05) is 0 Å². The number of nitrogens with one attached hydrogen (secondary N) is 2. The third-order valence-corrected chi connectivity index (χ3v) is 6.62. The molecule has 2 aliphatic heterocycles. The lowest BCUT2D eigenvalue weighted by Crippen LogP contribution is -2.40. The molecule has 0 aliphatic carbocycles. The molecular formula is C18H28ClN3O5S. The first kappa shape index (κ1) is 23.1. The van der Waals surface area contributed by atoms with Crippen molar-refractivity contribution in [1.29, 1.82) is 0 Å². The molecule has 2 fully saturated rings. The normalized spacial score (nSPS) is 20.5. The molecule has 0 radical (unpaired) electrons. The molecule has 1 amide bonds. The lowest BCUT2D eigenvalue weighted by atomic mass is 10.2. The van der Waals surface area contributed by atoms with E-state index in [0.717, 1.165) is 25.0 Å². The van der Waals surface area contributed by atoms with Crippen molar-refractivity contribution in [3.8, 4) is 0 Å². The van der Waals surface area contributed by atoms with Crippen LogP contribution in [0, 0.1) is 0 Å². The van der Waals surface area contributed by atoms with Crippen molar-refractivity contribution in [2.45, 2.75) is 30.4 Å². The van der Waals surface area contributed by atoms with E-state index in [4.69, 9.17) is 9.47 Å². The Hall–Kier alpha value is -1.23. The predicted molar refractivity (Wildman–Crippen MR) is 107 cm³/mol. The van der Waals surface area contributed by atoms with E-state index in [1.54, 1.807) is 24.3 Å². The van der Waals surface area contributed by atoms with Crippen molar-refractivity contribution in [1.82, 2.24) is 14.9 Å². The molecule has 3 rings (SSSR count). The summed E-state index contributed by atoms with van der Waals surface area (Å²) >= 11 is 0. The summed E-state index contributed by atoms with van der Waals surface area (Å²) in [5, 5.41) is 5.92. The monoisotopic (exact) mass is 433 g/mol. The van der Waals surface area contributed by atoms with Gasteiger partial charge in [0.1, 0.15) is 0 Å². The smallest absolute Gasteiger partial charge is 0.243 e. The predicted octanol–water partition coefficient (Wildman–Crippen LogP) is 0.514. The van der Waals surface area contributed by atoms with Crippen molar-refractivity contribution >= 4 is 28.3 Å². The Morgan fingerprint density at radius 2 is 1.86 bits per heavy atom. The first-order valence-electron chi connectivity index (χ1n) is 9.31. The van der Waals surface area contributed by atoms with E-state index in [2.05, 4.69) is 10.6 Å². The van der Waals surface area contributed by atoms with E-state index in [0.29, 0.717) is 39.4 Å². The molecule has 10 heteroatoms. The first-order chi connectivity index (χ1) is 13.1. The number of ether oxygens (including phenoxy) is 2. The number of morpholine rings is 1. The van der Waals surface area contributed by atoms with Gasteiger partial charge in [-0.25, -0.2) is 8.42 Å². The largest absolute Gasteiger partial charge is 0.379 e. The number of nitrogens with zero attached hydrogens (tertiary/aromatic N) is 1. The van der Waals surface area contributed by atoms with Gasteiger partial charge in [-0.1, -0.05) is 12.1 Å². The van der Waals surface area contributed by atoms with E-state index in [1.165, 1.54) is 4.31 Å². The van der Waals surface area contributed by atoms with Crippen LogP contribution < -0.4 is 10.6 Å². The minimum atomic E-state index is -3.49. The Morgan fingerprint density at radius 1 is 1.14 bits per heavy atom. The number of amides is 1. The number of hydrogen-bond donors (Lipinski definition) is 2. The zero-order valence-electron chi connectivity index (χ0n) is 15.8. The topological polar surface area (TPSA) is 97.0 Å². The number of carbonyl (C=O) groups excluding carboxylic acids is 1. The van der Waals surface area contributed by atoms with Crippen LogP contribution in [0.15, 0.2) is 29.2 Å². The third-order valence-electron chi connectivity index (χ3n) is 4.70. The van der Waals surface area contributed by atoms with E-state index >= 15 is 0 Å². The highest BCUT2D eigenvalue weighted by atomic mass is 35.5. The fourth-order valence-corrected chi connectivity index (χ4v) is 4.54. The molecule has 1 unspecified atom stereocenters. The fourth-order valence-electron chi connectivity index (χ4n) is 3.13. The average molecular weight is 434 g/mol. The summed E-state index contributed by atoms with van der Waals surface area (Å²) in [5.74, 6) is -0.0991. The van der Waals surface area contributed by atoms with Crippen LogP contribution in [0.2, 0.25) is 0 Å². The van der Waals surface area contributed by atoms with Gasteiger partial charge < -0.3 is 20.1 Å². The maximum atomic E-state index is 12.6. The van der Waals surface area contributed by atoms with Gasteiger partial charge in [0.25, 0.3) is 0 Å². The molecule has 1 aromatic rings. The molecule has 2 N–H and O–H groups in total. The Bertz CT molecular complexity index is 717. The van der Waals surface area contributed by atoms with E-state index < -0.39 is 10.0 Å². The molecule has 158 valence electrons. The van der Waals surface area contributed by atoms with E-state index in [9.17, 15) is 13.2 Å². The number of halogens is 1. The van der Waals surface area contributed by atoms with Gasteiger partial charge in [0.2, 0.25) is 15.9 Å². The van der Waals surface area contributed by atoms with Gasteiger partial charge in [-0.3, -0.25) is 4.79 Å². The Kier molecular flexibility index (Phi) is 9.13. The van der Waals surface area contributed by atoms with Gasteiger partial charge in [-0.05, 0) is 30.5 Å². The van der Waals surface area contributed by atoms with Gasteiger partial charge >= 0.3 is 0 Å². The minimum absolute atomic E-state index is 0. The van der Waals surface area contributed by atoms with Crippen LogP contribution in [-0.2, 0) is 30.8 Å². The SMILES string of the molecule is Cl.O=C(CNCC1CCCO1)NCc1ccc(S(=O)(=O)N2CCOCC2)cc1. The second kappa shape index (κ2) is 11.1. The maximum absolute atomic E-state index is 12.6. The summed E-state index contributed by atoms with van der Waals surface area (Å²) in [5.41, 5.74) is 0.850. The first-order valence-corrected chi connectivity index (χ1v) is 10.8. The summed E-state index contributed by atoms with van der Waals surface area (Å²) < 4.78 is 37.3. The quantitative estimate of drug-likeness (QED) is 0.620. The summed E-state index contributed by atoms with van der Waals surface area (Å²) in [6.07, 6.45) is 2.32. The van der Waals surface area contributed by atoms with Gasteiger partial charge in [0.05, 0.1) is 30.8 Å². The zero-order valence-corrected chi connectivity index (χ0v) is 17.4. The second-order valence-corrected chi connectivity index (χ2v) is 8.64. The molecule has 2 saturated heterocycles. The fraction of sp³-hybridized carbons (Fsp3) is 0.611. The standard InChI is InChI=1S/C18H27N3O5S.ClH/c22-18(14-19-13-16-2-1-9-26-16)20-12-15-3-5-17(6-4-15)27(23,24)21-7-10-25-11-8-21;/h3-6,16,19H,1-2,7-14H2,(H,20,22);1H. The summed E-state index contributed by atoms with van der Waals surface area (Å²) in [6.45, 7) is 3.67. The number of carbonyl (C=O) groups is 1. The minimum Gasteiger partial charge on any atom is -0.379 e. The summed E-state index contributed by atoms with van der Waals surface area (Å²) in [7, 11) is -3.49. The molecule has 1 atom stereocenters. The van der Waals surface area contributed by atoms with Crippen LogP contribution in [0.4, 0.5) is 0 Å². The van der Waals surface area contributed by atoms with Crippen LogP contribution in [-0.4, -0.2) is 70.7 Å². The lowest BCUT2D eigenvalue weighted by Gasteiger charge is -2.26. The maximum Gasteiger partial charge on any atom is 0.243 e. The number of rotatable bonds is 8. The highest BCUT2D eigenvalue weighted by Crippen LogP contribution is 2.17. The Balaban J connectivity index is 0.00000280. The van der Waals surface area contributed by atoms with Gasteiger partial charge in [-0.15, -0.1) is 12.4 Å². The van der Waals surface area contributed by atoms with E-state index in [-0.39, 0.29) is 35.9 Å². The van der Waals surface area contributed by atoms with Crippen molar-refractivity contribution in [3.05, 3.63) is 29.8 Å². The highest BCUT2D eigenvalue weighted by molar-refractivity contribution is 7.89. The number of hydrogen-bond acceptors (Lipinski definition) is 6. The highest BCUT2D eigenvalue weighted by Gasteiger charge is 2.26. The molecule has 0 bridgehead atoms. The van der Waals surface area contributed by atoms with Crippen LogP contribution in [0.1, 0.15) is 18.4 Å². The van der Waals surface area contributed by atoms with Crippen molar-refractivity contribution in [2.75, 3.05) is 46.0 Å².